The molecule has 0 saturated heterocycles. The van der Waals surface area contributed by atoms with Gasteiger partial charge in [0.25, 0.3) is 5.91 Å². The van der Waals surface area contributed by atoms with Gasteiger partial charge in [-0.3, -0.25) is 4.79 Å². The maximum Gasteiger partial charge on any atom is 0.328 e. The average molecular weight is 348 g/mol. The first-order valence-electron chi connectivity index (χ1n) is 5.52. The highest BCUT2D eigenvalue weighted by molar-refractivity contribution is 9.11. The molecule has 0 unspecified atom stereocenters. The van der Waals surface area contributed by atoms with Crippen molar-refractivity contribution in [2.24, 2.45) is 0 Å². The predicted octanol–water partition coefficient (Wildman–Crippen LogP) is 2.53. The van der Waals surface area contributed by atoms with Gasteiger partial charge in [-0.2, -0.15) is 0 Å². The number of hydrogen-bond acceptors (Lipinski definition) is 3. The number of nitrogens with one attached hydrogen (secondary N) is 1. The topological polar surface area (TPSA) is 55.4 Å². The van der Waals surface area contributed by atoms with Crippen LogP contribution in [-0.4, -0.2) is 25.0 Å². The molecule has 0 bridgehead atoms. The van der Waals surface area contributed by atoms with Gasteiger partial charge >= 0.3 is 5.97 Å². The first kappa shape index (κ1) is 16.3. The van der Waals surface area contributed by atoms with E-state index in [2.05, 4.69) is 32.6 Å². The zero-order chi connectivity index (χ0) is 15.3. The van der Waals surface area contributed by atoms with E-state index < -0.39 is 35.1 Å². The van der Waals surface area contributed by atoms with Crippen molar-refractivity contribution in [1.29, 1.82) is 0 Å². The summed E-state index contributed by atoms with van der Waals surface area (Å²) in [6.07, 6.45) is 0.0648. The molecule has 108 valence electrons. The number of rotatable bonds is 5. The molecular formula is C13H12BrF2NO3. The van der Waals surface area contributed by atoms with E-state index in [1.165, 1.54) is 6.07 Å². The van der Waals surface area contributed by atoms with Gasteiger partial charge < -0.3 is 10.1 Å². The van der Waals surface area contributed by atoms with Crippen LogP contribution < -0.4 is 5.32 Å². The first-order chi connectivity index (χ1) is 9.36. The molecule has 7 heteroatoms. The Bertz CT molecular complexity index is 548. The molecule has 1 N–H and O–H groups in total. The highest BCUT2D eigenvalue weighted by atomic mass is 79.9. The van der Waals surface area contributed by atoms with Gasteiger partial charge in [0.05, 0.1) is 12.7 Å². The number of hydrogen-bond donors (Lipinski definition) is 1. The van der Waals surface area contributed by atoms with Crippen LogP contribution in [0.25, 0.3) is 0 Å². The van der Waals surface area contributed by atoms with E-state index in [-0.39, 0.29) is 6.42 Å². The van der Waals surface area contributed by atoms with Crippen LogP contribution in [0.2, 0.25) is 0 Å². The summed E-state index contributed by atoms with van der Waals surface area (Å²) in [7, 11) is 1.15. The molecule has 0 aliphatic heterocycles. The Labute approximate surface area is 122 Å². The van der Waals surface area contributed by atoms with Gasteiger partial charge in [-0.1, -0.05) is 28.6 Å². The Kier molecular flexibility index (Phi) is 5.82. The summed E-state index contributed by atoms with van der Waals surface area (Å²) in [5, 5.41) is 2.27. The van der Waals surface area contributed by atoms with Gasteiger partial charge in [0, 0.05) is 6.42 Å². The summed E-state index contributed by atoms with van der Waals surface area (Å²) in [5.41, 5.74) is -0.487. The lowest BCUT2D eigenvalue weighted by Gasteiger charge is -2.16. The van der Waals surface area contributed by atoms with Gasteiger partial charge in [0.2, 0.25) is 0 Å². The lowest BCUT2D eigenvalue weighted by Crippen LogP contribution is -2.41. The summed E-state index contributed by atoms with van der Waals surface area (Å²) in [6.45, 7) is 3.55. The maximum atomic E-state index is 13.5. The minimum Gasteiger partial charge on any atom is -0.467 e. The number of methoxy groups -OCH3 is 1. The van der Waals surface area contributed by atoms with E-state index in [1.807, 2.05) is 0 Å². The molecule has 4 nitrogen and oxygen atoms in total. The molecule has 0 aromatic heterocycles. The Morgan fingerprint density at radius 3 is 2.65 bits per heavy atom. The molecule has 0 radical (unpaired) electrons. The Morgan fingerprint density at radius 1 is 1.45 bits per heavy atom. The molecule has 0 fully saturated rings. The smallest absolute Gasteiger partial charge is 0.328 e. The zero-order valence-electron chi connectivity index (χ0n) is 10.6. The summed E-state index contributed by atoms with van der Waals surface area (Å²) in [4.78, 5) is 23.4. The predicted molar refractivity (Wildman–Crippen MR) is 72.3 cm³/mol. The highest BCUT2D eigenvalue weighted by Crippen LogP contribution is 2.14. The monoisotopic (exact) mass is 347 g/mol. The van der Waals surface area contributed by atoms with E-state index in [0.717, 1.165) is 19.2 Å². The highest BCUT2D eigenvalue weighted by Gasteiger charge is 2.24. The Balaban J connectivity index is 2.93. The van der Waals surface area contributed by atoms with Crippen LogP contribution in [0.4, 0.5) is 8.78 Å². The molecule has 1 atom stereocenters. The summed E-state index contributed by atoms with van der Waals surface area (Å²) in [5.74, 6) is -4.04. The van der Waals surface area contributed by atoms with Gasteiger partial charge in [-0.25, -0.2) is 13.6 Å². The Morgan fingerprint density at radius 2 is 2.10 bits per heavy atom. The quantitative estimate of drug-likeness (QED) is 0.832. The second-order valence-electron chi connectivity index (χ2n) is 3.87. The molecule has 0 aliphatic carbocycles. The van der Waals surface area contributed by atoms with Crippen molar-refractivity contribution in [2.45, 2.75) is 12.5 Å². The largest absolute Gasteiger partial charge is 0.467 e. The normalized spacial score (nSPS) is 11.6. The molecule has 20 heavy (non-hydrogen) atoms. The lowest BCUT2D eigenvalue weighted by atomic mass is 10.1. The van der Waals surface area contributed by atoms with Crippen molar-refractivity contribution in [3.63, 3.8) is 0 Å². The fourth-order valence-corrected chi connectivity index (χ4v) is 1.80. The summed E-state index contributed by atoms with van der Waals surface area (Å²) < 4.78 is 31.5. The van der Waals surface area contributed by atoms with Crippen molar-refractivity contribution in [2.75, 3.05) is 7.11 Å². The second-order valence-corrected chi connectivity index (χ2v) is 4.99. The fraction of sp³-hybridized carbons (Fsp3) is 0.231. The van der Waals surface area contributed by atoms with Crippen LogP contribution in [0.5, 0.6) is 0 Å². The van der Waals surface area contributed by atoms with Crippen LogP contribution in [0, 0.1) is 11.6 Å². The molecule has 0 heterocycles. The second kappa shape index (κ2) is 7.14. The zero-order valence-corrected chi connectivity index (χ0v) is 12.2. The maximum absolute atomic E-state index is 13.5. The van der Waals surface area contributed by atoms with Crippen LogP contribution in [0.1, 0.15) is 16.8 Å². The fourth-order valence-electron chi connectivity index (χ4n) is 1.47. The van der Waals surface area contributed by atoms with E-state index in [4.69, 9.17) is 0 Å². The number of amides is 1. The number of esters is 1. The lowest BCUT2D eigenvalue weighted by molar-refractivity contribution is -0.142. The Hall–Kier alpha value is -1.76. The van der Waals surface area contributed by atoms with Crippen LogP contribution in [-0.2, 0) is 9.53 Å². The first-order valence-corrected chi connectivity index (χ1v) is 6.32. The standard InChI is InChI=1S/C13H12BrF2NO3/c1-7(14)6-10(13(19)20-2)17-12(18)8-4-3-5-9(15)11(8)16/h3-5,10H,1,6H2,2H3,(H,17,18)/t10-/m1/s1. The third-order valence-corrected chi connectivity index (χ3v) is 2.74. The molecule has 1 rings (SSSR count). The van der Waals surface area contributed by atoms with Crippen LogP contribution in [0.15, 0.2) is 29.3 Å². The van der Waals surface area contributed by atoms with Crippen molar-refractivity contribution >= 4 is 27.8 Å². The molecular weight excluding hydrogens is 336 g/mol. The molecule has 0 aliphatic rings. The SMILES string of the molecule is C=C(Br)C[C@@H](NC(=O)c1cccc(F)c1F)C(=O)OC. The number of halogens is 3. The average Bonchev–Trinajstić information content (AvgIpc) is 2.39. The van der Waals surface area contributed by atoms with Crippen LogP contribution >= 0.6 is 15.9 Å². The molecule has 1 aromatic carbocycles. The van der Waals surface area contributed by atoms with E-state index in [1.54, 1.807) is 0 Å². The van der Waals surface area contributed by atoms with E-state index in [0.29, 0.717) is 4.48 Å². The van der Waals surface area contributed by atoms with Crippen molar-refractivity contribution < 1.29 is 23.1 Å². The van der Waals surface area contributed by atoms with E-state index in [9.17, 15) is 18.4 Å². The van der Waals surface area contributed by atoms with Crippen LogP contribution in [0.3, 0.4) is 0 Å². The third-order valence-electron chi connectivity index (χ3n) is 2.41. The van der Waals surface area contributed by atoms with E-state index >= 15 is 0 Å². The summed E-state index contributed by atoms with van der Waals surface area (Å²) in [6, 6.07) is 2.17. The minimum atomic E-state index is -1.27. The van der Waals surface area contributed by atoms with Gasteiger partial charge in [0.15, 0.2) is 11.6 Å². The van der Waals surface area contributed by atoms with Crippen molar-refractivity contribution in [3.8, 4) is 0 Å². The number of carbonyl (C=O) groups excluding carboxylic acids is 2. The van der Waals surface area contributed by atoms with Gasteiger partial charge in [-0.05, 0) is 16.6 Å². The van der Waals surface area contributed by atoms with Crippen molar-refractivity contribution in [1.82, 2.24) is 5.32 Å². The third kappa shape index (κ3) is 4.12. The molecule has 0 saturated carbocycles. The molecule has 0 spiro atoms. The minimum absolute atomic E-state index is 0.0648. The number of ether oxygens (including phenoxy) is 1. The number of benzene rings is 1. The van der Waals surface area contributed by atoms with Gasteiger partial charge in [-0.15, -0.1) is 0 Å². The molecule has 1 aromatic rings. The number of carbonyl (C=O) groups is 2. The van der Waals surface area contributed by atoms with Gasteiger partial charge in [0.1, 0.15) is 6.04 Å². The summed E-state index contributed by atoms with van der Waals surface area (Å²) >= 11 is 3.06. The van der Waals surface area contributed by atoms with Crippen molar-refractivity contribution in [3.05, 3.63) is 46.5 Å². The molecule has 1 amide bonds.